The monoisotopic (exact) mass is 677 g/mol. The Morgan fingerprint density at radius 2 is 1.55 bits per heavy atom. The molecule has 10 heteroatoms. The van der Waals surface area contributed by atoms with Gasteiger partial charge in [0, 0.05) is 30.9 Å². The number of carboxylic acids is 1. The number of amides is 1. The second-order valence-corrected chi connectivity index (χ2v) is 13.1. The predicted molar refractivity (Wildman–Crippen MR) is 187 cm³/mol. The maximum Gasteiger partial charge on any atom is 0.410 e. The van der Waals surface area contributed by atoms with E-state index in [4.69, 9.17) is 33.5 Å². The molecule has 1 aliphatic rings. The van der Waals surface area contributed by atoms with Crippen LogP contribution in [0.3, 0.4) is 0 Å². The summed E-state index contributed by atoms with van der Waals surface area (Å²) in [5.41, 5.74) is 2.51. The minimum Gasteiger partial charge on any atom is -0.496 e. The van der Waals surface area contributed by atoms with E-state index in [0.29, 0.717) is 59.0 Å². The van der Waals surface area contributed by atoms with Crippen LogP contribution in [-0.4, -0.2) is 80.4 Å². The number of carbonyl (C=O) groups excluding carboxylic acids is 1. The molecular weight excluding hydrogens is 626 g/mol. The second-order valence-electron chi connectivity index (χ2n) is 13.1. The normalized spacial score (nSPS) is 16.2. The number of hydrogen-bond acceptors (Lipinski definition) is 8. The molecule has 3 aromatic rings. The molecule has 1 saturated heterocycles. The molecule has 1 fully saturated rings. The summed E-state index contributed by atoms with van der Waals surface area (Å²) < 4.78 is 35.3. The Morgan fingerprint density at radius 1 is 0.837 bits per heavy atom. The average molecular weight is 678 g/mol. The number of benzene rings is 3. The Kier molecular flexibility index (Phi) is 14.6. The lowest BCUT2D eigenvalue weighted by Gasteiger charge is -2.39. The SMILES string of the molecule is COc1ccccc1COCCCOc1ccc(C2CCN(C(=O)OC(C)(C)C)CC2OCCOc2ccccc2CCCC(=O)O)cc1. The molecular formula is C39H51NO9. The van der Waals surface area contributed by atoms with Gasteiger partial charge in [-0.3, -0.25) is 4.79 Å². The van der Waals surface area contributed by atoms with Gasteiger partial charge in [0.2, 0.25) is 0 Å². The molecule has 0 radical (unpaired) electrons. The number of nitrogens with zero attached hydrogens (tertiary/aromatic N) is 1. The molecule has 0 spiro atoms. The number of para-hydroxylation sites is 2. The summed E-state index contributed by atoms with van der Waals surface area (Å²) in [7, 11) is 1.66. The van der Waals surface area contributed by atoms with E-state index < -0.39 is 11.6 Å². The van der Waals surface area contributed by atoms with Crippen molar-refractivity contribution in [2.45, 2.75) is 77.1 Å². The number of methoxy groups -OCH3 is 1. The number of piperidine rings is 1. The molecule has 1 aliphatic heterocycles. The van der Waals surface area contributed by atoms with E-state index in [9.17, 15) is 9.59 Å². The van der Waals surface area contributed by atoms with E-state index in [2.05, 4.69) is 12.1 Å². The van der Waals surface area contributed by atoms with Crippen molar-refractivity contribution in [1.29, 1.82) is 0 Å². The summed E-state index contributed by atoms with van der Waals surface area (Å²) in [6.07, 6.45) is 2.15. The highest BCUT2D eigenvalue weighted by Gasteiger charge is 2.35. The molecule has 49 heavy (non-hydrogen) atoms. The first kappa shape index (κ1) is 37.5. The van der Waals surface area contributed by atoms with Crippen molar-refractivity contribution in [3.63, 3.8) is 0 Å². The molecule has 3 aromatic carbocycles. The summed E-state index contributed by atoms with van der Waals surface area (Å²) in [6, 6.07) is 23.6. The summed E-state index contributed by atoms with van der Waals surface area (Å²) in [6.45, 7) is 8.80. The van der Waals surface area contributed by atoms with Gasteiger partial charge in [-0.05, 0) is 75.4 Å². The number of aryl methyl sites for hydroxylation is 1. The first-order valence-corrected chi connectivity index (χ1v) is 17.1. The molecule has 1 amide bonds. The van der Waals surface area contributed by atoms with Crippen molar-refractivity contribution in [2.24, 2.45) is 0 Å². The van der Waals surface area contributed by atoms with Gasteiger partial charge in [-0.1, -0.05) is 48.5 Å². The van der Waals surface area contributed by atoms with Crippen LogP contribution >= 0.6 is 0 Å². The van der Waals surface area contributed by atoms with Crippen LogP contribution in [0.25, 0.3) is 0 Å². The Morgan fingerprint density at radius 3 is 2.27 bits per heavy atom. The van der Waals surface area contributed by atoms with Crippen molar-refractivity contribution in [3.05, 3.63) is 89.5 Å². The molecule has 2 atom stereocenters. The minimum atomic E-state index is -0.807. The number of likely N-dealkylation sites (tertiary alicyclic amines) is 1. The second kappa shape index (κ2) is 19.0. The lowest BCUT2D eigenvalue weighted by atomic mass is 9.87. The highest BCUT2D eigenvalue weighted by atomic mass is 16.6. The van der Waals surface area contributed by atoms with Crippen LogP contribution in [0.4, 0.5) is 4.79 Å². The van der Waals surface area contributed by atoms with Gasteiger partial charge in [-0.15, -0.1) is 0 Å². The number of aliphatic carboxylic acids is 1. The number of carbonyl (C=O) groups is 2. The van der Waals surface area contributed by atoms with E-state index in [1.807, 2.05) is 81.4 Å². The first-order valence-electron chi connectivity index (χ1n) is 17.1. The number of carboxylic acid groups (broad SMARTS) is 1. The van der Waals surface area contributed by atoms with Crippen LogP contribution in [0.1, 0.15) is 69.1 Å². The van der Waals surface area contributed by atoms with E-state index in [0.717, 1.165) is 46.8 Å². The zero-order chi connectivity index (χ0) is 35.1. The Balaban J connectivity index is 1.29. The van der Waals surface area contributed by atoms with Crippen molar-refractivity contribution < 1.29 is 43.1 Å². The van der Waals surface area contributed by atoms with Crippen LogP contribution in [0.5, 0.6) is 17.2 Å². The quantitative estimate of drug-likeness (QED) is 0.139. The Bertz CT molecular complexity index is 1450. The molecule has 0 aromatic heterocycles. The van der Waals surface area contributed by atoms with Crippen LogP contribution in [0.2, 0.25) is 0 Å². The highest BCUT2D eigenvalue weighted by Crippen LogP contribution is 2.32. The van der Waals surface area contributed by atoms with Crippen LogP contribution in [0.15, 0.2) is 72.8 Å². The fraction of sp³-hybridized carbons (Fsp3) is 0.487. The molecule has 4 rings (SSSR count). The molecule has 10 nitrogen and oxygen atoms in total. The van der Waals surface area contributed by atoms with Gasteiger partial charge in [-0.2, -0.15) is 0 Å². The Hall–Kier alpha value is -4.28. The topological polar surface area (TPSA) is 113 Å². The lowest BCUT2D eigenvalue weighted by molar-refractivity contribution is -0.137. The average Bonchev–Trinajstić information content (AvgIpc) is 3.08. The van der Waals surface area contributed by atoms with Gasteiger partial charge in [0.15, 0.2) is 0 Å². The molecule has 1 heterocycles. The summed E-state index contributed by atoms with van der Waals surface area (Å²) in [5.74, 6) is 1.60. The van der Waals surface area contributed by atoms with E-state index in [1.165, 1.54) is 0 Å². The summed E-state index contributed by atoms with van der Waals surface area (Å²) in [5, 5.41) is 8.99. The van der Waals surface area contributed by atoms with E-state index in [1.54, 1.807) is 12.0 Å². The molecule has 0 saturated carbocycles. The van der Waals surface area contributed by atoms with Crippen molar-refractivity contribution in [3.8, 4) is 17.2 Å². The molecule has 2 unspecified atom stereocenters. The van der Waals surface area contributed by atoms with Gasteiger partial charge < -0.3 is 38.4 Å². The smallest absolute Gasteiger partial charge is 0.410 e. The lowest BCUT2D eigenvalue weighted by Crippen LogP contribution is -2.48. The third kappa shape index (κ3) is 12.6. The molecule has 0 aliphatic carbocycles. The van der Waals surface area contributed by atoms with Gasteiger partial charge in [0.1, 0.15) is 29.5 Å². The van der Waals surface area contributed by atoms with Gasteiger partial charge in [0.05, 0.1) is 46.2 Å². The maximum absolute atomic E-state index is 13.0. The highest BCUT2D eigenvalue weighted by molar-refractivity contribution is 5.68. The van der Waals surface area contributed by atoms with Gasteiger partial charge in [0.25, 0.3) is 0 Å². The van der Waals surface area contributed by atoms with Crippen molar-refractivity contribution in [1.82, 2.24) is 4.90 Å². The van der Waals surface area contributed by atoms with Crippen molar-refractivity contribution in [2.75, 3.05) is 46.6 Å². The van der Waals surface area contributed by atoms with Crippen LogP contribution < -0.4 is 14.2 Å². The van der Waals surface area contributed by atoms with Crippen LogP contribution in [0, 0.1) is 0 Å². The fourth-order valence-corrected chi connectivity index (χ4v) is 5.76. The summed E-state index contributed by atoms with van der Waals surface area (Å²) in [4.78, 5) is 25.6. The van der Waals surface area contributed by atoms with Gasteiger partial charge >= 0.3 is 12.1 Å². The third-order valence-electron chi connectivity index (χ3n) is 8.15. The standard InChI is InChI=1S/C39H51NO9/c1-39(2,3)49-38(43)40-22-21-33(36(27-40)48-26-25-47-35-15-8-5-11-30(35)13-9-16-37(41)42)29-17-19-32(20-18-29)46-24-10-23-45-28-31-12-6-7-14-34(31)44-4/h5-8,11-12,14-15,17-20,33,36H,9-10,13,16,21-28H2,1-4H3,(H,41,42). The zero-order valence-electron chi connectivity index (χ0n) is 29.2. The number of hydrogen-bond donors (Lipinski definition) is 1. The predicted octanol–water partition coefficient (Wildman–Crippen LogP) is 7.28. The van der Waals surface area contributed by atoms with Crippen molar-refractivity contribution >= 4 is 12.1 Å². The van der Waals surface area contributed by atoms with E-state index >= 15 is 0 Å². The minimum absolute atomic E-state index is 0.0689. The van der Waals surface area contributed by atoms with Gasteiger partial charge in [-0.25, -0.2) is 4.79 Å². The molecule has 1 N–H and O–H groups in total. The van der Waals surface area contributed by atoms with E-state index in [-0.39, 0.29) is 24.5 Å². The zero-order valence-corrected chi connectivity index (χ0v) is 29.2. The molecule has 266 valence electrons. The first-order chi connectivity index (χ1) is 23.6. The maximum atomic E-state index is 13.0. The number of ether oxygens (including phenoxy) is 6. The largest absolute Gasteiger partial charge is 0.496 e. The fourth-order valence-electron chi connectivity index (χ4n) is 5.76. The molecule has 0 bridgehead atoms. The number of rotatable bonds is 18. The third-order valence-corrected chi connectivity index (χ3v) is 8.15. The van der Waals surface area contributed by atoms with Crippen LogP contribution in [-0.2, 0) is 32.0 Å². The summed E-state index contributed by atoms with van der Waals surface area (Å²) >= 11 is 0. The Labute approximate surface area is 290 Å².